The maximum Gasteiger partial charge on any atom is 0.338 e. The number of ether oxygens (including phenoxy) is 1. The van der Waals surface area contributed by atoms with Crippen LogP contribution in [0.4, 0.5) is 0 Å². The van der Waals surface area contributed by atoms with Crippen LogP contribution in [0, 0.1) is 5.92 Å². The third kappa shape index (κ3) is 3.73. The predicted molar refractivity (Wildman–Crippen MR) is 120 cm³/mol. The minimum absolute atomic E-state index is 0.159. The predicted octanol–water partition coefficient (Wildman–Crippen LogP) is 4.67. The fraction of sp³-hybridized carbons (Fsp3) is 0.348. The van der Waals surface area contributed by atoms with E-state index < -0.39 is 0 Å². The summed E-state index contributed by atoms with van der Waals surface area (Å²) in [5, 5.41) is 0.977. The molecule has 160 valence electrons. The molecule has 0 amide bonds. The number of hydrogen-bond acceptors (Lipinski definition) is 5. The van der Waals surface area contributed by atoms with Gasteiger partial charge in [0.25, 0.3) is 5.56 Å². The Hall–Kier alpha value is -2.41. The van der Waals surface area contributed by atoms with Gasteiger partial charge in [-0.25, -0.2) is 9.78 Å². The lowest BCUT2D eigenvalue weighted by atomic mass is 9.88. The van der Waals surface area contributed by atoms with Gasteiger partial charge in [-0.3, -0.25) is 9.36 Å². The Kier molecular flexibility index (Phi) is 5.24. The summed E-state index contributed by atoms with van der Waals surface area (Å²) in [6.45, 7) is 0. The third-order valence-electron chi connectivity index (χ3n) is 6.13. The highest BCUT2D eigenvalue weighted by Crippen LogP contribution is 2.42. The van der Waals surface area contributed by atoms with Crippen molar-refractivity contribution in [1.82, 2.24) is 9.55 Å². The molecule has 2 aliphatic carbocycles. The zero-order valence-corrected chi connectivity index (χ0v) is 18.1. The average molecular weight is 458 g/mol. The van der Waals surface area contributed by atoms with E-state index in [4.69, 9.17) is 38.7 Å². The number of nitrogens with zero attached hydrogens (tertiary/aromatic N) is 2. The van der Waals surface area contributed by atoms with Crippen molar-refractivity contribution in [2.45, 2.75) is 43.9 Å². The number of esters is 1. The van der Waals surface area contributed by atoms with Gasteiger partial charge >= 0.3 is 5.97 Å². The summed E-state index contributed by atoms with van der Waals surface area (Å²) in [6, 6.07) is 11.6. The maximum absolute atomic E-state index is 13.5. The van der Waals surface area contributed by atoms with Crippen molar-refractivity contribution in [2.24, 2.45) is 11.7 Å². The van der Waals surface area contributed by atoms with Gasteiger partial charge in [-0.05, 0) is 43.0 Å². The first-order valence-electron chi connectivity index (χ1n) is 10.4. The van der Waals surface area contributed by atoms with Gasteiger partial charge in [-0.2, -0.15) is 0 Å². The van der Waals surface area contributed by atoms with Crippen LogP contribution in [0.1, 0.15) is 53.9 Å². The van der Waals surface area contributed by atoms with E-state index in [1.54, 1.807) is 41.0 Å². The van der Waals surface area contributed by atoms with E-state index in [0.717, 1.165) is 12.8 Å². The highest BCUT2D eigenvalue weighted by molar-refractivity contribution is 6.39. The highest BCUT2D eigenvalue weighted by atomic mass is 35.5. The molecular weight excluding hydrogens is 437 g/mol. The Balaban J connectivity index is 1.46. The SMILES string of the molecule is N[C@H](c1nc2c(Cl)ccc(Cl)c2c(=O)n1[C@H]1C[C@H](OC(=O)c2ccccc2)C1)C1CC1. The maximum atomic E-state index is 13.5. The summed E-state index contributed by atoms with van der Waals surface area (Å²) in [7, 11) is 0. The van der Waals surface area contributed by atoms with Crippen molar-refractivity contribution in [3.05, 3.63) is 74.3 Å². The molecular formula is C23H21Cl2N3O3. The fourth-order valence-electron chi connectivity index (χ4n) is 4.14. The molecule has 1 heterocycles. The second-order valence-electron chi connectivity index (χ2n) is 8.28. The standard InChI is InChI=1S/C23H21Cl2N3O3/c24-16-8-9-17(25)20-18(16)22(29)28(21(27-20)19(26)12-6-7-12)14-10-15(11-14)31-23(30)13-4-2-1-3-5-13/h1-5,8-9,12,14-15,19H,6-7,10-11,26H2/t14-,15-,19-/m0/s1. The van der Waals surface area contributed by atoms with Crippen molar-refractivity contribution in [1.29, 1.82) is 0 Å². The van der Waals surface area contributed by atoms with Gasteiger partial charge in [0.1, 0.15) is 11.9 Å². The normalized spacial score (nSPS) is 21.5. The van der Waals surface area contributed by atoms with Gasteiger partial charge in [-0.15, -0.1) is 0 Å². The monoisotopic (exact) mass is 457 g/mol. The summed E-state index contributed by atoms with van der Waals surface area (Å²) in [6.07, 6.45) is 2.81. The van der Waals surface area contributed by atoms with Crippen LogP contribution in [0.3, 0.4) is 0 Å². The third-order valence-corrected chi connectivity index (χ3v) is 6.75. The van der Waals surface area contributed by atoms with Gasteiger partial charge in [0, 0.05) is 18.9 Å². The zero-order valence-electron chi connectivity index (χ0n) is 16.6. The summed E-state index contributed by atoms with van der Waals surface area (Å²) in [5.74, 6) is 0.472. The average Bonchev–Trinajstić information content (AvgIpc) is 3.58. The first-order valence-corrected chi connectivity index (χ1v) is 11.1. The van der Waals surface area contributed by atoms with Gasteiger partial charge in [0.15, 0.2) is 0 Å². The number of fused-ring (bicyclic) bond motifs is 1. The summed E-state index contributed by atoms with van der Waals surface area (Å²) in [4.78, 5) is 30.5. The Labute approximate surface area is 188 Å². The molecule has 31 heavy (non-hydrogen) atoms. The van der Waals surface area contributed by atoms with E-state index in [0.29, 0.717) is 51.1 Å². The number of benzene rings is 2. The molecule has 6 nitrogen and oxygen atoms in total. The van der Waals surface area contributed by atoms with Gasteiger partial charge in [0.2, 0.25) is 0 Å². The molecule has 0 unspecified atom stereocenters. The molecule has 0 aliphatic heterocycles. The molecule has 2 aromatic carbocycles. The van der Waals surface area contributed by atoms with Crippen molar-refractivity contribution in [3.63, 3.8) is 0 Å². The quantitative estimate of drug-likeness (QED) is 0.562. The molecule has 0 bridgehead atoms. The second kappa shape index (κ2) is 7.93. The molecule has 2 saturated carbocycles. The van der Waals surface area contributed by atoms with E-state index in [9.17, 15) is 9.59 Å². The minimum atomic E-state index is -0.363. The summed E-state index contributed by atoms with van der Waals surface area (Å²) in [5.41, 5.74) is 7.11. The zero-order chi connectivity index (χ0) is 21.7. The number of carbonyl (C=O) groups is 1. The Bertz CT molecular complexity index is 1220. The number of aromatic nitrogens is 2. The summed E-state index contributed by atoms with van der Waals surface area (Å²) >= 11 is 12.7. The number of hydrogen-bond donors (Lipinski definition) is 1. The second-order valence-corrected chi connectivity index (χ2v) is 9.09. The van der Waals surface area contributed by atoms with Crippen LogP contribution < -0.4 is 11.3 Å². The molecule has 8 heteroatoms. The Morgan fingerprint density at radius 3 is 2.45 bits per heavy atom. The minimum Gasteiger partial charge on any atom is -0.459 e. The number of rotatable bonds is 5. The Morgan fingerprint density at radius 1 is 1.10 bits per heavy atom. The van der Waals surface area contributed by atoms with E-state index in [1.165, 1.54) is 0 Å². The largest absolute Gasteiger partial charge is 0.459 e. The number of carbonyl (C=O) groups excluding carboxylic acids is 1. The molecule has 0 radical (unpaired) electrons. The molecule has 0 saturated heterocycles. The van der Waals surface area contributed by atoms with E-state index in [2.05, 4.69) is 0 Å². The van der Waals surface area contributed by atoms with Crippen LogP contribution >= 0.6 is 23.2 Å². The van der Waals surface area contributed by atoms with E-state index in [-0.39, 0.29) is 29.7 Å². The van der Waals surface area contributed by atoms with Crippen molar-refractivity contribution >= 4 is 40.1 Å². The van der Waals surface area contributed by atoms with Crippen LogP contribution in [0.15, 0.2) is 47.3 Å². The van der Waals surface area contributed by atoms with Gasteiger partial charge in [0.05, 0.1) is 32.6 Å². The van der Waals surface area contributed by atoms with Crippen LogP contribution in [0.5, 0.6) is 0 Å². The first kappa shape index (κ1) is 20.5. The van der Waals surface area contributed by atoms with Crippen LogP contribution in [0.25, 0.3) is 10.9 Å². The van der Waals surface area contributed by atoms with Gasteiger partial charge < -0.3 is 10.5 Å². The topological polar surface area (TPSA) is 87.2 Å². The fourth-order valence-corrected chi connectivity index (χ4v) is 4.57. The lowest BCUT2D eigenvalue weighted by Gasteiger charge is -2.37. The van der Waals surface area contributed by atoms with E-state index in [1.807, 2.05) is 6.07 Å². The molecule has 2 N–H and O–H groups in total. The lowest BCUT2D eigenvalue weighted by molar-refractivity contribution is -0.00927. The number of nitrogens with two attached hydrogens (primary N) is 1. The molecule has 1 aromatic heterocycles. The lowest BCUT2D eigenvalue weighted by Crippen LogP contribution is -2.42. The van der Waals surface area contributed by atoms with Crippen LogP contribution in [-0.4, -0.2) is 21.6 Å². The van der Waals surface area contributed by atoms with E-state index >= 15 is 0 Å². The van der Waals surface area contributed by atoms with Gasteiger partial charge in [-0.1, -0.05) is 41.4 Å². The molecule has 2 aliphatic rings. The Morgan fingerprint density at radius 2 is 1.77 bits per heavy atom. The smallest absolute Gasteiger partial charge is 0.338 e. The summed E-state index contributed by atoms with van der Waals surface area (Å²) < 4.78 is 7.25. The van der Waals surface area contributed by atoms with Crippen molar-refractivity contribution in [3.8, 4) is 0 Å². The van der Waals surface area contributed by atoms with Crippen LogP contribution in [-0.2, 0) is 4.74 Å². The number of halogens is 2. The molecule has 3 aromatic rings. The van der Waals surface area contributed by atoms with Crippen LogP contribution in [0.2, 0.25) is 10.0 Å². The molecule has 1 atom stereocenters. The first-order chi connectivity index (χ1) is 14.9. The highest BCUT2D eigenvalue weighted by Gasteiger charge is 2.39. The molecule has 2 fully saturated rings. The molecule has 5 rings (SSSR count). The molecule has 0 spiro atoms. The van der Waals surface area contributed by atoms with Crippen molar-refractivity contribution < 1.29 is 9.53 Å². The van der Waals surface area contributed by atoms with Crippen molar-refractivity contribution in [2.75, 3.05) is 0 Å².